The Hall–Kier alpha value is -2.28. The number of anilines is 1. The summed E-state index contributed by atoms with van der Waals surface area (Å²) >= 11 is 0. The standard InChI is InChI=1S/C17H24N2O5/c1-22-16(20)5-3-11-24-15-8-6-13(7-9-15)18-17(21)19-14-4-2-10-23-12-14/h6-9,14H,2-5,10-12H2,1H3,(H2,18,19,21)/t14-/m1/s1. The molecular weight excluding hydrogens is 312 g/mol. The number of amides is 2. The van der Waals surface area contributed by atoms with Gasteiger partial charge in [0.25, 0.3) is 0 Å². The van der Waals surface area contributed by atoms with Gasteiger partial charge in [0.05, 0.1) is 26.4 Å². The maximum Gasteiger partial charge on any atom is 0.319 e. The molecule has 1 saturated heterocycles. The number of benzene rings is 1. The first-order valence-corrected chi connectivity index (χ1v) is 8.12. The van der Waals surface area contributed by atoms with Gasteiger partial charge in [-0.25, -0.2) is 4.79 Å². The summed E-state index contributed by atoms with van der Waals surface area (Å²) in [6.07, 6.45) is 2.83. The van der Waals surface area contributed by atoms with Crippen molar-refractivity contribution in [2.24, 2.45) is 0 Å². The fourth-order valence-corrected chi connectivity index (χ4v) is 2.35. The molecule has 0 aliphatic carbocycles. The zero-order valence-corrected chi connectivity index (χ0v) is 13.9. The lowest BCUT2D eigenvalue weighted by Crippen LogP contribution is -2.42. The molecule has 2 rings (SSSR count). The number of methoxy groups -OCH3 is 1. The first-order valence-electron chi connectivity index (χ1n) is 8.12. The number of nitrogens with one attached hydrogen (secondary N) is 2. The van der Waals surface area contributed by atoms with Crippen molar-refractivity contribution in [3.8, 4) is 5.75 Å². The molecule has 1 aliphatic rings. The number of carbonyl (C=O) groups excluding carboxylic acids is 2. The Bertz CT molecular complexity index is 526. The summed E-state index contributed by atoms with van der Waals surface area (Å²) in [4.78, 5) is 22.9. The average Bonchev–Trinajstić information content (AvgIpc) is 2.60. The third-order valence-electron chi connectivity index (χ3n) is 3.63. The van der Waals surface area contributed by atoms with E-state index in [0.29, 0.717) is 37.5 Å². The van der Waals surface area contributed by atoms with Gasteiger partial charge >= 0.3 is 12.0 Å². The third kappa shape index (κ3) is 6.45. The number of hydrogen-bond acceptors (Lipinski definition) is 5. The highest BCUT2D eigenvalue weighted by Gasteiger charge is 2.16. The molecule has 0 unspecified atom stereocenters. The topological polar surface area (TPSA) is 85.9 Å². The van der Waals surface area contributed by atoms with Crippen molar-refractivity contribution in [2.45, 2.75) is 31.7 Å². The zero-order valence-electron chi connectivity index (χ0n) is 13.9. The summed E-state index contributed by atoms with van der Waals surface area (Å²) in [6, 6.07) is 6.92. The molecule has 1 atom stereocenters. The molecule has 7 heteroatoms. The van der Waals surface area contributed by atoms with Crippen LogP contribution >= 0.6 is 0 Å². The van der Waals surface area contributed by atoms with Gasteiger partial charge in [-0.05, 0) is 43.5 Å². The Kier molecular flexibility index (Phi) is 7.35. The monoisotopic (exact) mass is 336 g/mol. The molecule has 0 aromatic heterocycles. The summed E-state index contributed by atoms with van der Waals surface area (Å²) in [5, 5.41) is 5.67. The first-order chi connectivity index (χ1) is 11.7. The predicted molar refractivity (Wildman–Crippen MR) is 89.2 cm³/mol. The van der Waals surface area contributed by atoms with Crippen molar-refractivity contribution in [3.63, 3.8) is 0 Å². The summed E-state index contributed by atoms with van der Waals surface area (Å²) < 4.78 is 15.4. The van der Waals surface area contributed by atoms with E-state index in [1.165, 1.54) is 7.11 Å². The lowest BCUT2D eigenvalue weighted by Gasteiger charge is -2.23. The molecule has 1 aromatic rings. The molecule has 24 heavy (non-hydrogen) atoms. The molecular formula is C17H24N2O5. The smallest absolute Gasteiger partial charge is 0.319 e. The highest BCUT2D eigenvalue weighted by Crippen LogP contribution is 2.16. The zero-order chi connectivity index (χ0) is 17.2. The Morgan fingerprint density at radius 3 is 2.75 bits per heavy atom. The van der Waals surface area contributed by atoms with Gasteiger partial charge in [-0.1, -0.05) is 0 Å². The molecule has 7 nitrogen and oxygen atoms in total. The molecule has 0 radical (unpaired) electrons. The van der Waals surface area contributed by atoms with E-state index in [-0.39, 0.29) is 18.0 Å². The van der Waals surface area contributed by atoms with Crippen LogP contribution in [-0.4, -0.2) is 45.0 Å². The van der Waals surface area contributed by atoms with Crippen molar-refractivity contribution in [1.82, 2.24) is 5.32 Å². The Balaban J connectivity index is 1.69. The molecule has 1 fully saturated rings. The second-order valence-corrected chi connectivity index (χ2v) is 5.57. The minimum absolute atomic E-state index is 0.0659. The van der Waals surface area contributed by atoms with Crippen LogP contribution in [0.1, 0.15) is 25.7 Å². The van der Waals surface area contributed by atoms with E-state index in [2.05, 4.69) is 15.4 Å². The normalized spacial score (nSPS) is 17.0. The van der Waals surface area contributed by atoms with Gasteiger partial charge < -0.3 is 24.8 Å². The van der Waals surface area contributed by atoms with Gasteiger partial charge in [-0.2, -0.15) is 0 Å². The minimum Gasteiger partial charge on any atom is -0.494 e. The molecule has 2 N–H and O–H groups in total. The molecule has 1 aromatic carbocycles. The van der Waals surface area contributed by atoms with Crippen LogP contribution in [0.2, 0.25) is 0 Å². The number of rotatable bonds is 7. The van der Waals surface area contributed by atoms with Crippen LogP contribution < -0.4 is 15.4 Å². The summed E-state index contributed by atoms with van der Waals surface area (Å²) in [6.45, 7) is 1.76. The highest BCUT2D eigenvalue weighted by atomic mass is 16.5. The summed E-state index contributed by atoms with van der Waals surface area (Å²) in [5.74, 6) is 0.444. The number of esters is 1. The van der Waals surface area contributed by atoms with Crippen LogP contribution in [0.25, 0.3) is 0 Å². The van der Waals surface area contributed by atoms with Gasteiger partial charge in [0.15, 0.2) is 0 Å². The van der Waals surface area contributed by atoms with E-state index in [1.54, 1.807) is 24.3 Å². The number of ether oxygens (including phenoxy) is 3. The van der Waals surface area contributed by atoms with Crippen molar-refractivity contribution < 1.29 is 23.8 Å². The second-order valence-electron chi connectivity index (χ2n) is 5.57. The molecule has 0 bridgehead atoms. The van der Waals surface area contributed by atoms with Crippen molar-refractivity contribution in [3.05, 3.63) is 24.3 Å². The predicted octanol–water partition coefficient (Wildman–Crippen LogP) is 2.32. The Morgan fingerprint density at radius 1 is 1.29 bits per heavy atom. The molecule has 1 aliphatic heterocycles. The molecule has 0 spiro atoms. The lowest BCUT2D eigenvalue weighted by atomic mass is 10.1. The maximum atomic E-state index is 11.9. The number of hydrogen-bond donors (Lipinski definition) is 2. The van der Waals surface area contributed by atoms with E-state index in [4.69, 9.17) is 9.47 Å². The van der Waals surface area contributed by atoms with Gasteiger partial charge in [0.2, 0.25) is 0 Å². The summed E-state index contributed by atoms with van der Waals surface area (Å²) in [5.41, 5.74) is 0.686. The van der Waals surface area contributed by atoms with Crippen molar-refractivity contribution >= 4 is 17.7 Å². The minimum atomic E-state index is -0.243. The van der Waals surface area contributed by atoms with Crippen LogP contribution in [0.5, 0.6) is 5.75 Å². The van der Waals surface area contributed by atoms with Crippen LogP contribution in [0.3, 0.4) is 0 Å². The maximum absolute atomic E-state index is 11.9. The van der Waals surface area contributed by atoms with Crippen LogP contribution in [0.4, 0.5) is 10.5 Å². The number of carbonyl (C=O) groups is 2. The van der Waals surface area contributed by atoms with E-state index in [0.717, 1.165) is 19.4 Å². The largest absolute Gasteiger partial charge is 0.494 e. The Morgan fingerprint density at radius 2 is 2.08 bits per heavy atom. The molecule has 132 valence electrons. The van der Waals surface area contributed by atoms with E-state index < -0.39 is 0 Å². The highest BCUT2D eigenvalue weighted by molar-refractivity contribution is 5.89. The van der Waals surface area contributed by atoms with Crippen molar-refractivity contribution in [1.29, 1.82) is 0 Å². The first kappa shape index (κ1) is 18.1. The van der Waals surface area contributed by atoms with Gasteiger partial charge in [0, 0.05) is 18.7 Å². The van der Waals surface area contributed by atoms with Gasteiger partial charge in [-0.3, -0.25) is 4.79 Å². The molecule has 1 heterocycles. The average molecular weight is 336 g/mol. The van der Waals surface area contributed by atoms with Crippen molar-refractivity contribution in [2.75, 3.05) is 32.2 Å². The van der Waals surface area contributed by atoms with E-state index in [9.17, 15) is 9.59 Å². The fraction of sp³-hybridized carbons (Fsp3) is 0.529. The van der Waals surface area contributed by atoms with E-state index in [1.807, 2.05) is 0 Å². The van der Waals surface area contributed by atoms with Gasteiger partial charge in [-0.15, -0.1) is 0 Å². The lowest BCUT2D eigenvalue weighted by molar-refractivity contribution is -0.140. The van der Waals surface area contributed by atoms with Crippen LogP contribution in [-0.2, 0) is 14.3 Å². The van der Waals surface area contributed by atoms with Gasteiger partial charge in [0.1, 0.15) is 5.75 Å². The van der Waals surface area contributed by atoms with Crippen LogP contribution in [0, 0.1) is 0 Å². The second kappa shape index (κ2) is 9.77. The van der Waals surface area contributed by atoms with E-state index >= 15 is 0 Å². The fourth-order valence-electron chi connectivity index (χ4n) is 2.35. The van der Waals surface area contributed by atoms with Crippen LogP contribution in [0.15, 0.2) is 24.3 Å². The quantitative estimate of drug-likeness (QED) is 0.589. The summed E-state index contributed by atoms with van der Waals surface area (Å²) in [7, 11) is 1.37. The third-order valence-corrected chi connectivity index (χ3v) is 3.63. The Labute approximate surface area is 141 Å². The molecule has 0 saturated carbocycles. The number of urea groups is 1. The SMILES string of the molecule is COC(=O)CCCOc1ccc(NC(=O)N[C@@H]2CCCOC2)cc1. The molecule has 2 amide bonds.